The third-order valence-corrected chi connectivity index (χ3v) is 2.55. The highest BCUT2D eigenvalue weighted by Gasteiger charge is 2.22. The Labute approximate surface area is 100 Å². The summed E-state index contributed by atoms with van der Waals surface area (Å²) in [5.74, 6) is 0. The van der Waals surface area contributed by atoms with Gasteiger partial charge in [-0.1, -0.05) is 19.3 Å². The van der Waals surface area contributed by atoms with Gasteiger partial charge in [-0.25, -0.2) is 0 Å². The second-order valence-electron chi connectivity index (χ2n) is 5.81. The van der Waals surface area contributed by atoms with Crippen LogP contribution in [0.4, 0.5) is 0 Å². The summed E-state index contributed by atoms with van der Waals surface area (Å²) >= 11 is 0. The van der Waals surface area contributed by atoms with Crippen LogP contribution in [0.25, 0.3) is 0 Å². The number of aliphatic hydroxyl groups is 1. The van der Waals surface area contributed by atoms with Crippen molar-refractivity contribution in [2.45, 2.75) is 71.0 Å². The summed E-state index contributed by atoms with van der Waals surface area (Å²) in [6.07, 6.45) is 5.74. The largest absolute Gasteiger partial charge is 0.388 e. The van der Waals surface area contributed by atoms with Crippen LogP contribution in [0.5, 0.6) is 0 Å². The standard InChI is InChI=1S/C13H29NO2/c1-12(2,15)11-16-13(3,4)9-7-5-6-8-10-14/h15H,5-11,14H2,1-4H3. The summed E-state index contributed by atoms with van der Waals surface area (Å²) < 4.78 is 5.73. The molecule has 0 spiro atoms. The number of hydrogen-bond donors (Lipinski definition) is 2. The number of nitrogens with two attached hydrogens (primary N) is 1. The minimum absolute atomic E-state index is 0.136. The zero-order valence-electron chi connectivity index (χ0n) is 11.4. The lowest BCUT2D eigenvalue weighted by atomic mass is 9.99. The number of rotatable bonds is 9. The predicted molar refractivity (Wildman–Crippen MR) is 68.5 cm³/mol. The average molecular weight is 231 g/mol. The van der Waals surface area contributed by atoms with Gasteiger partial charge in [0, 0.05) is 0 Å². The molecule has 3 N–H and O–H groups in total. The Morgan fingerprint density at radius 3 is 2.06 bits per heavy atom. The molecule has 0 unspecified atom stereocenters. The van der Waals surface area contributed by atoms with E-state index in [1.165, 1.54) is 19.3 Å². The highest BCUT2D eigenvalue weighted by Crippen LogP contribution is 2.20. The first-order chi connectivity index (χ1) is 7.27. The Morgan fingerprint density at radius 2 is 1.56 bits per heavy atom. The van der Waals surface area contributed by atoms with Crippen molar-refractivity contribution < 1.29 is 9.84 Å². The van der Waals surface area contributed by atoms with Crippen molar-refractivity contribution in [2.24, 2.45) is 5.73 Å². The second kappa shape index (κ2) is 7.25. The summed E-state index contributed by atoms with van der Waals surface area (Å²) in [5, 5.41) is 9.58. The van der Waals surface area contributed by atoms with E-state index >= 15 is 0 Å². The van der Waals surface area contributed by atoms with Crippen LogP contribution in [0.3, 0.4) is 0 Å². The Hall–Kier alpha value is -0.120. The smallest absolute Gasteiger partial charge is 0.0824 e. The molecule has 0 aliphatic carbocycles. The van der Waals surface area contributed by atoms with Crippen LogP contribution < -0.4 is 5.73 Å². The molecule has 3 heteroatoms. The first-order valence-electron chi connectivity index (χ1n) is 6.33. The van der Waals surface area contributed by atoms with Gasteiger partial charge in [0.1, 0.15) is 0 Å². The second-order valence-corrected chi connectivity index (χ2v) is 5.81. The molecule has 0 fully saturated rings. The maximum absolute atomic E-state index is 9.58. The van der Waals surface area contributed by atoms with E-state index in [0.717, 1.165) is 19.4 Å². The van der Waals surface area contributed by atoms with Crippen molar-refractivity contribution in [3.05, 3.63) is 0 Å². The van der Waals surface area contributed by atoms with Crippen LogP contribution in [0.1, 0.15) is 59.8 Å². The van der Waals surface area contributed by atoms with Gasteiger partial charge in [0.05, 0.1) is 17.8 Å². The molecule has 0 aromatic heterocycles. The van der Waals surface area contributed by atoms with E-state index in [-0.39, 0.29) is 5.60 Å². The molecule has 0 atom stereocenters. The average Bonchev–Trinajstić information content (AvgIpc) is 2.14. The molecule has 0 radical (unpaired) electrons. The minimum Gasteiger partial charge on any atom is -0.388 e. The molecule has 0 aromatic rings. The lowest BCUT2D eigenvalue weighted by Crippen LogP contribution is -2.34. The summed E-state index contributed by atoms with van der Waals surface area (Å²) in [6.45, 7) is 8.89. The van der Waals surface area contributed by atoms with E-state index in [9.17, 15) is 5.11 Å². The molecule has 0 aromatic carbocycles. The number of unbranched alkanes of at least 4 members (excludes halogenated alkanes) is 3. The molecule has 98 valence electrons. The van der Waals surface area contributed by atoms with Gasteiger partial charge in [-0.05, 0) is 47.1 Å². The maximum Gasteiger partial charge on any atom is 0.0824 e. The van der Waals surface area contributed by atoms with Crippen molar-refractivity contribution in [1.82, 2.24) is 0 Å². The third kappa shape index (κ3) is 10.4. The molecule has 0 aliphatic rings. The van der Waals surface area contributed by atoms with E-state index < -0.39 is 5.60 Å². The van der Waals surface area contributed by atoms with Crippen LogP contribution in [0, 0.1) is 0 Å². The van der Waals surface area contributed by atoms with Crippen LogP contribution in [0.15, 0.2) is 0 Å². The fourth-order valence-electron chi connectivity index (χ4n) is 1.49. The topological polar surface area (TPSA) is 55.5 Å². The van der Waals surface area contributed by atoms with E-state index in [4.69, 9.17) is 10.5 Å². The highest BCUT2D eigenvalue weighted by molar-refractivity contribution is 4.72. The first kappa shape index (κ1) is 15.9. The summed E-state index contributed by atoms with van der Waals surface area (Å²) in [5.41, 5.74) is 4.56. The Balaban J connectivity index is 3.62. The van der Waals surface area contributed by atoms with Crippen LogP contribution in [0.2, 0.25) is 0 Å². The zero-order chi connectivity index (χ0) is 12.7. The van der Waals surface area contributed by atoms with Gasteiger partial charge in [0.25, 0.3) is 0 Å². The fourth-order valence-corrected chi connectivity index (χ4v) is 1.49. The lowest BCUT2D eigenvalue weighted by molar-refractivity contribution is -0.0946. The quantitative estimate of drug-likeness (QED) is 0.599. The normalized spacial score (nSPS) is 13.1. The van der Waals surface area contributed by atoms with Gasteiger partial charge in [-0.15, -0.1) is 0 Å². The molecule has 0 bridgehead atoms. The summed E-state index contributed by atoms with van der Waals surface area (Å²) in [6, 6.07) is 0. The van der Waals surface area contributed by atoms with Gasteiger partial charge in [0.15, 0.2) is 0 Å². The van der Waals surface area contributed by atoms with Crippen LogP contribution in [-0.4, -0.2) is 29.5 Å². The first-order valence-corrected chi connectivity index (χ1v) is 6.33. The van der Waals surface area contributed by atoms with Crippen molar-refractivity contribution in [2.75, 3.05) is 13.2 Å². The highest BCUT2D eigenvalue weighted by atomic mass is 16.5. The van der Waals surface area contributed by atoms with E-state index in [1.54, 1.807) is 13.8 Å². The monoisotopic (exact) mass is 231 g/mol. The molecule has 0 saturated carbocycles. The van der Waals surface area contributed by atoms with Crippen molar-refractivity contribution in [3.8, 4) is 0 Å². The van der Waals surface area contributed by atoms with Gasteiger partial charge in [0.2, 0.25) is 0 Å². The lowest BCUT2D eigenvalue weighted by Gasteiger charge is -2.29. The van der Waals surface area contributed by atoms with Crippen molar-refractivity contribution in [3.63, 3.8) is 0 Å². The predicted octanol–water partition coefficient (Wildman–Crippen LogP) is 2.46. The van der Waals surface area contributed by atoms with Crippen molar-refractivity contribution >= 4 is 0 Å². The van der Waals surface area contributed by atoms with Crippen LogP contribution >= 0.6 is 0 Å². The fraction of sp³-hybridized carbons (Fsp3) is 1.00. The third-order valence-electron chi connectivity index (χ3n) is 2.55. The molecule has 3 nitrogen and oxygen atoms in total. The number of ether oxygens (including phenoxy) is 1. The van der Waals surface area contributed by atoms with E-state index in [1.807, 2.05) is 0 Å². The van der Waals surface area contributed by atoms with Gasteiger partial charge in [-0.3, -0.25) is 0 Å². The van der Waals surface area contributed by atoms with Gasteiger partial charge < -0.3 is 15.6 Å². The summed E-state index contributed by atoms with van der Waals surface area (Å²) in [7, 11) is 0. The molecule has 0 rings (SSSR count). The molecule has 16 heavy (non-hydrogen) atoms. The zero-order valence-corrected chi connectivity index (χ0v) is 11.4. The molecular weight excluding hydrogens is 202 g/mol. The van der Waals surface area contributed by atoms with Crippen LogP contribution in [-0.2, 0) is 4.74 Å². The van der Waals surface area contributed by atoms with E-state index in [0.29, 0.717) is 6.61 Å². The Kier molecular flexibility index (Phi) is 7.20. The van der Waals surface area contributed by atoms with Gasteiger partial charge >= 0.3 is 0 Å². The molecular formula is C13H29NO2. The molecule has 0 aliphatic heterocycles. The minimum atomic E-state index is -0.739. The Morgan fingerprint density at radius 1 is 1.00 bits per heavy atom. The molecule has 0 saturated heterocycles. The summed E-state index contributed by atoms with van der Waals surface area (Å²) in [4.78, 5) is 0. The molecule has 0 heterocycles. The molecule has 0 amide bonds. The van der Waals surface area contributed by atoms with Crippen molar-refractivity contribution in [1.29, 1.82) is 0 Å². The van der Waals surface area contributed by atoms with Gasteiger partial charge in [-0.2, -0.15) is 0 Å². The maximum atomic E-state index is 9.58. The number of hydrogen-bond acceptors (Lipinski definition) is 3. The SMILES string of the molecule is CC(C)(O)COC(C)(C)CCCCCCN. The Bertz CT molecular complexity index is 173. The van der Waals surface area contributed by atoms with E-state index in [2.05, 4.69) is 13.8 Å².